The third-order valence-electron chi connectivity index (χ3n) is 3.86. The smallest absolute Gasteiger partial charge is 0.183 e. The van der Waals surface area contributed by atoms with Gasteiger partial charge in [0.05, 0.1) is 85.9 Å². The summed E-state index contributed by atoms with van der Waals surface area (Å²) in [5, 5.41) is 0. The van der Waals surface area contributed by atoms with Crippen LogP contribution < -0.4 is 4.74 Å². The first-order valence-corrected chi connectivity index (χ1v) is 14.8. The third-order valence-corrected chi connectivity index (χ3v) is 4.93. The molecule has 0 saturated heterocycles. The minimum atomic E-state index is -1.44. The first kappa shape index (κ1) is 29.0. The summed E-state index contributed by atoms with van der Waals surface area (Å²) in [6.07, 6.45) is 0. The molecular weight excluding hydrogens is 432 g/mol. The lowest BCUT2D eigenvalue weighted by Crippen LogP contribution is -2.27. The van der Waals surface area contributed by atoms with E-state index in [-0.39, 0.29) is 0 Å². The zero-order valence-electron chi connectivity index (χ0n) is 20.1. The van der Waals surface area contributed by atoms with Gasteiger partial charge in [0, 0.05) is 0 Å². The second kappa shape index (κ2) is 20.6. The molecule has 186 valence electrons. The summed E-state index contributed by atoms with van der Waals surface area (Å²) in [6, 6.07) is 9.69. The van der Waals surface area contributed by atoms with Gasteiger partial charge in [-0.2, -0.15) is 0 Å². The Balaban J connectivity index is 1.67. The average molecular weight is 475 g/mol. The van der Waals surface area contributed by atoms with Gasteiger partial charge in [0.15, 0.2) is 8.32 Å². The number of ether oxygens (including phenoxy) is 7. The van der Waals surface area contributed by atoms with Crippen molar-refractivity contribution in [3.05, 3.63) is 30.3 Å². The van der Waals surface area contributed by atoms with E-state index >= 15 is 0 Å². The Bertz CT molecular complexity index is 512. The van der Waals surface area contributed by atoms with Crippen LogP contribution in [-0.2, 0) is 32.8 Å². The van der Waals surface area contributed by atoms with Crippen molar-refractivity contribution in [1.29, 1.82) is 0 Å². The van der Waals surface area contributed by atoms with Crippen LogP contribution in [0.1, 0.15) is 0 Å². The van der Waals surface area contributed by atoms with Crippen molar-refractivity contribution < 1.29 is 37.6 Å². The lowest BCUT2D eigenvalue weighted by molar-refractivity contribution is -0.0188. The number of hydrogen-bond acceptors (Lipinski definition) is 8. The van der Waals surface area contributed by atoms with Gasteiger partial charge in [0.25, 0.3) is 0 Å². The minimum Gasteiger partial charge on any atom is -0.491 e. The lowest BCUT2D eigenvalue weighted by atomic mass is 10.3. The van der Waals surface area contributed by atoms with Gasteiger partial charge in [0.2, 0.25) is 0 Å². The summed E-state index contributed by atoms with van der Waals surface area (Å²) in [6.45, 7) is 14.3. The van der Waals surface area contributed by atoms with Crippen molar-refractivity contribution in [3.63, 3.8) is 0 Å². The summed E-state index contributed by atoms with van der Waals surface area (Å²) < 4.78 is 44.0. The van der Waals surface area contributed by atoms with E-state index in [0.29, 0.717) is 92.5 Å². The van der Waals surface area contributed by atoms with Crippen molar-refractivity contribution in [3.8, 4) is 5.75 Å². The maximum Gasteiger partial charge on any atom is 0.183 e. The van der Waals surface area contributed by atoms with E-state index in [1.54, 1.807) is 0 Å². The van der Waals surface area contributed by atoms with Crippen LogP contribution >= 0.6 is 0 Å². The molecule has 9 heteroatoms. The number of hydrogen-bond donors (Lipinski definition) is 0. The molecule has 0 N–H and O–H groups in total. The van der Waals surface area contributed by atoms with E-state index in [2.05, 4.69) is 19.6 Å². The van der Waals surface area contributed by atoms with Crippen LogP contribution in [0.15, 0.2) is 30.3 Å². The van der Waals surface area contributed by atoms with Crippen molar-refractivity contribution in [2.24, 2.45) is 0 Å². The lowest BCUT2D eigenvalue weighted by Gasteiger charge is -2.16. The van der Waals surface area contributed by atoms with Gasteiger partial charge < -0.3 is 37.6 Å². The molecule has 0 amide bonds. The van der Waals surface area contributed by atoms with Crippen LogP contribution in [0, 0.1) is 0 Å². The SMILES string of the molecule is C[Si](C)(C)OCCOCCOCCOCCOCCOCCOCCOc1ccccc1. The Morgan fingerprint density at radius 1 is 0.469 bits per heavy atom. The van der Waals surface area contributed by atoms with Gasteiger partial charge in [-0.25, -0.2) is 0 Å². The van der Waals surface area contributed by atoms with Crippen LogP contribution in [0.3, 0.4) is 0 Å². The number of para-hydroxylation sites is 1. The van der Waals surface area contributed by atoms with Gasteiger partial charge in [-0.1, -0.05) is 18.2 Å². The minimum absolute atomic E-state index is 0.528. The van der Waals surface area contributed by atoms with Crippen LogP contribution in [0.2, 0.25) is 19.6 Å². The molecule has 0 aliphatic heterocycles. The zero-order valence-corrected chi connectivity index (χ0v) is 21.1. The predicted octanol–water partition coefficient (Wildman–Crippen LogP) is 3.02. The molecule has 1 rings (SSSR count). The molecule has 0 bridgehead atoms. The Morgan fingerprint density at radius 3 is 1.19 bits per heavy atom. The van der Waals surface area contributed by atoms with E-state index in [0.717, 1.165) is 5.75 Å². The van der Waals surface area contributed by atoms with Crippen molar-refractivity contribution in [1.82, 2.24) is 0 Å². The number of rotatable bonds is 23. The molecule has 32 heavy (non-hydrogen) atoms. The molecular formula is C23H42O8Si. The van der Waals surface area contributed by atoms with Gasteiger partial charge in [-0.3, -0.25) is 0 Å². The van der Waals surface area contributed by atoms with Gasteiger partial charge in [-0.15, -0.1) is 0 Å². The van der Waals surface area contributed by atoms with Crippen molar-refractivity contribution in [2.75, 3.05) is 92.5 Å². The highest BCUT2D eigenvalue weighted by molar-refractivity contribution is 6.69. The molecule has 0 aliphatic carbocycles. The number of benzene rings is 1. The quantitative estimate of drug-likeness (QED) is 0.177. The molecule has 0 spiro atoms. The molecule has 0 atom stereocenters. The standard InChI is InChI=1S/C23H42O8Si/c1-32(2,3)31-22-20-29-18-16-27-14-12-25-10-9-24-11-13-26-15-17-28-19-21-30-23-7-5-4-6-8-23/h4-8H,9-22H2,1-3H3. The Labute approximate surface area is 194 Å². The third kappa shape index (κ3) is 20.8. The van der Waals surface area contributed by atoms with E-state index < -0.39 is 8.32 Å². The molecule has 0 radical (unpaired) electrons. The topological polar surface area (TPSA) is 73.8 Å². The monoisotopic (exact) mass is 474 g/mol. The molecule has 8 nitrogen and oxygen atoms in total. The molecule has 0 aliphatic rings. The molecule has 0 unspecified atom stereocenters. The molecule has 0 saturated carbocycles. The van der Waals surface area contributed by atoms with E-state index in [9.17, 15) is 0 Å². The maximum absolute atomic E-state index is 5.70. The highest BCUT2D eigenvalue weighted by Crippen LogP contribution is 2.07. The second-order valence-electron chi connectivity index (χ2n) is 7.80. The van der Waals surface area contributed by atoms with Crippen LogP contribution in [0.25, 0.3) is 0 Å². The van der Waals surface area contributed by atoms with Crippen molar-refractivity contribution >= 4 is 8.32 Å². The second-order valence-corrected chi connectivity index (χ2v) is 12.3. The summed E-state index contributed by atoms with van der Waals surface area (Å²) in [7, 11) is -1.44. The predicted molar refractivity (Wildman–Crippen MR) is 126 cm³/mol. The highest BCUT2D eigenvalue weighted by atomic mass is 28.4. The average Bonchev–Trinajstić information content (AvgIpc) is 2.77. The summed E-state index contributed by atoms with van der Waals surface area (Å²) >= 11 is 0. The van der Waals surface area contributed by atoms with Gasteiger partial charge in [-0.05, 0) is 31.8 Å². The molecule has 1 aromatic carbocycles. The summed E-state index contributed by atoms with van der Waals surface area (Å²) in [4.78, 5) is 0. The fourth-order valence-corrected chi connectivity index (χ4v) is 3.04. The summed E-state index contributed by atoms with van der Waals surface area (Å²) in [5.74, 6) is 0.852. The van der Waals surface area contributed by atoms with Gasteiger partial charge in [0.1, 0.15) is 12.4 Å². The molecule has 1 aromatic rings. The summed E-state index contributed by atoms with van der Waals surface area (Å²) in [5.41, 5.74) is 0. The zero-order chi connectivity index (χ0) is 23.2. The Kier molecular flexibility index (Phi) is 18.6. The largest absolute Gasteiger partial charge is 0.491 e. The normalized spacial score (nSPS) is 11.7. The van der Waals surface area contributed by atoms with Gasteiger partial charge >= 0.3 is 0 Å². The first-order chi connectivity index (χ1) is 15.6. The Hall–Kier alpha value is -1.04. The highest BCUT2D eigenvalue weighted by Gasteiger charge is 2.12. The van der Waals surface area contributed by atoms with E-state index in [1.807, 2.05) is 30.3 Å². The fourth-order valence-electron chi connectivity index (χ4n) is 2.34. The van der Waals surface area contributed by atoms with E-state index in [4.69, 9.17) is 37.6 Å². The molecule has 0 aromatic heterocycles. The maximum atomic E-state index is 5.70. The first-order valence-electron chi connectivity index (χ1n) is 11.4. The van der Waals surface area contributed by atoms with E-state index in [1.165, 1.54) is 0 Å². The van der Waals surface area contributed by atoms with Crippen molar-refractivity contribution in [2.45, 2.75) is 19.6 Å². The Morgan fingerprint density at radius 2 is 0.812 bits per heavy atom. The molecule has 0 heterocycles. The fraction of sp³-hybridized carbons (Fsp3) is 0.739. The van der Waals surface area contributed by atoms with Crippen LogP contribution in [0.4, 0.5) is 0 Å². The van der Waals surface area contributed by atoms with Crippen LogP contribution in [0.5, 0.6) is 5.75 Å². The van der Waals surface area contributed by atoms with Crippen LogP contribution in [-0.4, -0.2) is 101 Å². The molecule has 0 fully saturated rings.